The maximum absolute atomic E-state index is 11.0. The predicted octanol–water partition coefficient (Wildman–Crippen LogP) is 0.836. The second kappa shape index (κ2) is 4.55. The minimum absolute atomic E-state index is 0.104. The molecule has 4 nitrogen and oxygen atoms in total. The van der Waals surface area contributed by atoms with Crippen LogP contribution < -0.4 is 0 Å². The Hall–Kier alpha value is -0.420. The van der Waals surface area contributed by atoms with Crippen LogP contribution in [0.3, 0.4) is 0 Å². The molecule has 19 heavy (non-hydrogen) atoms. The van der Waals surface area contributed by atoms with E-state index in [9.17, 15) is 20.4 Å². The first-order valence-electron chi connectivity index (χ1n) is 7.06. The Labute approximate surface area is 114 Å². The molecule has 0 spiro atoms. The van der Waals surface area contributed by atoms with Crippen molar-refractivity contribution in [3.8, 4) is 0 Å². The average molecular weight is 270 g/mol. The highest BCUT2D eigenvalue weighted by Gasteiger charge is 2.62. The van der Waals surface area contributed by atoms with Gasteiger partial charge in [0.1, 0.15) is 5.60 Å². The van der Waals surface area contributed by atoms with E-state index in [2.05, 4.69) is 13.8 Å². The third-order valence-electron chi connectivity index (χ3n) is 5.63. The molecule has 4 atom stereocenters. The van der Waals surface area contributed by atoms with Gasteiger partial charge in [0.05, 0.1) is 19.3 Å². The fourth-order valence-corrected chi connectivity index (χ4v) is 4.66. The van der Waals surface area contributed by atoms with Gasteiger partial charge in [-0.1, -0.05) is 33.3 Å². The quantitative estimate of drug-likeness (QED) is 0.560. The standard InChI is InChI=1S/C15H26O4/c1-13(2)5-4-6-14(3)12(13)11(18)7-10(8-16)15(14,19)9-17/h7,11-12,16-19H,4-6,8-9H2,1-3H3/t11-,12+,14+,15-/m1/s1. The monoisotopic (exact) mass is 270 g/mol. The third kappa shape index (κ3) is 1.88. The van der Waals surface area contributed by atoms with Crippen molar-refractivity contribution in [1.29, 1.82) is 0 Å². The highest BCUT2D eigenvalue weighted by atomic mass is 16.3. The SMILES string of the molecule is CC1(C)CCC[C@@]2(C)[C@H]1[C@H](O)C=C(CO)[C@]2(O)CO. The summed E-state index contributed by atoms with van der Waals surface area (Å²) in [5.41, 5.74) is -1.81. The molecule has 0 aromatic carbocycles. The molecule has 0 aliphatic heterocycles. The van der Waals surface area contributed by atoms with Gasteiger partial charge in [0.25, 0.3) is 0 Å². The lowest BCUT2D eigenvalue weighted by atomic mass is 9.46. The molecule has 2 aliphatic rings. The van der Waals surface area contributed by atoms with Crippen LogP contribution in [-0.4, -0.2) is 45.3 Å². The Kier molecular flexibility index (Phi) is 3.59. The second-order valence-corrected chi connectivity index (χ2v) is 7.10. The van der Waals surface area contributed by atoms with Crippen LogP contribution in [0.4, 0.5) is 0 Å². The molecular formula is C15H26O4. The van der Waals surface area contributed by atoms with E-state index in [4.69, 9.17) is 0 Å². The molecule has 0 aromatic rings. The van der Waals surface area contributed by atoms with Gasteiger partial charge in [0.15, 0.2) is 0 Å². The number of aliphatic hydroxyl groups is 4. The molecular weight excluding hydrogens is 244 g/mol. The van der Waals surface area contributed by atoms with Crippen LogP contribution in [0.1, 0.15) is 40.0 Å². The molecule has 110 valence electrons. The van der Waals surface area contributed by atoms with Gasteiger partial charge in [-0.3, -0.25) is 0 Å². The van der Waals surface area contributed by atoms with E-state index in [1.54, 1.807) is 0 Å². The van der Waals surface area contributed by atoms with Crippen LogP contribution in [0.25, 0.3) is 0 Å². The maximum Gasteiger partial charge on any atom is 0.117 e. The van der Waals surface area contributed by atoms with Crippen molar-refractivity contribution in [2.75, 3.05) is 13.2 Å². The Balaban J connectivity index is 2.59. The van der Waals surface area contributed by atoms with E-state index in [-0.39, 0.29) is 17.9 Å². The fourth-order valence-electron chi connectivity index (χ4n) is 4.66. The summed E-state index contributed by atoms with van der Waals surface area (Å²) in [7, 11) is 0. The summed E-state index contributed by atoms with van der Waals surface area (Å²) in [6, 6.07) is 0. The minimum Gasteiger partial charge on any atom is -0.393 e. The van der Waals surface area contributed by atoms with Gasteiger partial charge in [-0.05, 0) is 23.8 Å². The molecule has 0 saturated heterocycles. The van der Waals surface area contributed by atoms with Gasteiger partial charge in [0, 0.05) is 11.3 Å². The fraction of sp³-hybridized carbons (Fsp3) is 0.867. The van der Waals surface area contributed by atoms with Crippen LogP contribution in [-0.2, 0) is 0 Å². The molecule has 2 rings (SSSR count). The molecule has 1 saturated carbocycles. The first kappa shape index (κ1) is 15.0. The smallest absolute Gasteiger partial charge is 0.117 e. The molecule has 2 aliphatic carbocycles. The number of hydrogen-bond acceptors (Lipinski definition) is 4. The lowest BCUT2D eigenvalue weighted by molar-refractivity contribution is -0.188. The topological polar surface area (TPSA) is 80.9 Å². The van der Waals surface area contributed by atoms with Gasteiger partial charge >= 0.3 is 0 Å². The number of rotatable bonds is 2. The Morgan fingerprint density at radius 3 is 2.37 bits per heavy atom. The summed E-state index contributed by atoms with van der Waals surface area (Å²) in [6.07, 6.45) is 3.54. The van der Waals surface area contributed by atoms with Crippen molar-refractivity contribution in [1.82, 2.24) is 0 Å². The van der Waals surface area contributed by atoms with E-state index in [1.165, 1.54) is 6.08 Å². The lowest BCUT2D eigenvalue weighted by Gasteiger charge is -2.61. The van der Waals surface area contributed by atoms with Crippen molar-refractivity contribution >= 4 is 0 Å². The van der Waals surface area contributed by atoms with Crippen molar-refractivity contribution < 1.29 is 20.4 Å². The molecule has 1 fully saturated rings. The van der Waals surface area contributed by atoms with E-state index >= 15 is 0 Å². The van der Waals surface area contributed by atoms with E-state index in [1.807, 2.05) is 6.92 Å². The first-order valence-corrected chi connectivity index (χ1v) is 7.06. The molecule has 0 radical (unpaired) electrons. The zero-order chi connectivity index (χ0) is 14.5. The molecule has 0 bridgehead atoms. The highest BCUT2D eigenvalue weighted by Crippen LogP contribution is 2.60. The summed E-state index contributed by atoms with van der Waals surface area (Å²) in [4.78, 5) is 0. The average Bonchev–Trinajstić information content (AvgIpc) is 2.32. The van der Waals surface area contributed by atoms with E-state index in [0.29, 0.717) is 5.57 Å². The lowest BCUT2D eigenvalue weighted by Crippen LogP contribution is -2.64. The van der Waals surface area contributed by atoms with Gasteiger partial charge < -0.3 is 20.4 Å². The first-order chi connectivity index (χ1) is 8.73. The summed E-state index contributed by atoms with van der Waals surface area (Å²) in [5, 5.41) is 40.6. The normalized spacial score (nSPS) is 45.5. The van der Waals surface area contributed by atoms with Gasteiger partial charge in [-0.15, -0.1) is 0 Å². The highest BCUT2D eigenvalue weighted by molar-refractivity contribution is 5.31. The summed E-state index contributed by atoms with van der Waals surface area (Å²) in [5.74, 6) is -0.124. The largest absolute Gasteiger partial charge is 0.393 e. The van der Waals surface area contributed by atoms with Crippen molar-refractivity contribution in [2.24, 2.45) is 16.7 Å². The molecule has 0 aromatic heterocycles. The van der Waals surface area contributed by atoms with Gasteiger partial charge in [-0.2, -0.15) is 0 Å². The number of aliphatic hydroxyl groups excluding tert-OH is 3. The van der Waals surface area contributed by atoms with Crippen molar-refractivity contribution in [3.05, 3.63) is 11.6 Å². The Bertz CT molecular complexity index is 390. The number of fused-ring (bicyclic) bond motifs is 1. The predicted molar refractivity (Wildman–Crippen MR) is 72.4 cm³/mol. The van der Waals surface area contributed by atoms with Crippen LogP contribution >= 0.6 is 0 Å². The maximum atomic E-state index is 11.0. The van der Waals surface area contributed by atoms with Crippen molar-refractivity contribution in [3.63, 3.8) is 0 Å². The molecule has 0 unspecified atom stereocenters. The summed E-state index contributed by atoms with van der Waals surface area (Å²) in [6.45, 7) is 5.38. The van der Waals surface area contributed by atoms with Crippen LogP contribution in [0, 0.1) is 16.7 Å². The Morgan fingerprint density at radius 2 is 1.84 bits per heavy atom. The zero-order valence-electron chi connectivity index (χ0n) is 12.1. The summed E-state index contributed by atoms with van der Waals surface area (Å²) < 4.78 is 0. The van der Waals surface area contributed by atoms with E-state index in [0.717, 1.165) is 19.3 Å². The molecule has 4 N–H and O–H groups in total. The third-order valence-corrected chi connectivity index (χ3v) is 5.63. The van der Waals surface area contributed by atoms with Crippen molar-refractivity contribution in [2.45, 2.75) is 51.7 Å². The van der Waals surface area contributed by atoms with Crippen LogP contribution in [0.5, 0.6) is 0 Å². The molecule has 0 amide bonds. The van der Waals surface area contributed by atoms with Crippen LogP contribution in [0.2, 0.25) is 0 Å². The number of hydrogen-bond donors (Lipinski definition) is 4. The van der Waals surface area contributed by atoms with Gasteiger partial charge in [-0.25, -0.2) is 0 Å². The van der Waals surface area contributed by atoms with Crippen LogP contribution in [0.15, 0.2) is 11.6 Å². The Morgan fingerprint density at radius 1 is 1.21 bits per heavy atom. The van der Waals surface area contributed by atoms with E-state index < -0.39 is 23.7 Å². The molecule has 0 heterocycles. The summed E-state index contributed by atoms with van der Waals surface area (Å²) >= 11 is 0. The molecule has 4 heteroatoms. The second-order valence-electron chi connectivity index (χ2n) is 7.10. The van der Waals surface area contributed by atoms with Gasteiger partial charge in [0.2, 0.25) is 0 Å². The minimum atomic E-state index is -1.44. The zero-order valence-corrected chi connectivity index (χ0v) is 12.1.